The lowest BCUT2D eigenvalue weighted by Gasteiger charge is -2.24. The number of hydrogen-bond donors (Lipinski definition) is 0. The van der Waals surface area contributed by atoms with E-state index >= 15 is 0 Å². The van der Waals surface area contributed by atoms with Crippen LogP contribution in [0.1, 0.15) is 36.1 Å². The molecule has 0 saturated carbocycles. The van der Waals surface area contributed by atoms with E-state index in [4.69, 9.17) is 4.74 Å². The maximum Gasteiger partial charge on any atom is 0.225 e. The van der Waals surface area contributed by atoms with Crippen LogP contribution in [0.3, 0.4) is 0 Å². The van der Waals surface area contributed by atoms with Gasteiger partial charge in [0.15, 0.2) is 0 Å². The number of ether oxygens (including phenoxy) is 1. The maximum atomic E-state index is 12.8. The first-order chi connectivity index (χ1) is 11.7. The minimum absolute atomic E-state index is 0.0706. The molecule has 2 heterocycles. The first kappa shape index (κ1) is 16.7. The molecule has 0 N–H and O–H groups in total. The van der Waals surface area contributed by atoms with E-state index in [1.54, 1.807) is 6.20 Å². The van der Waals surface area contributed by atoms with Crippen LogP contribution in [0, 0.1) is 6.92 Å². The number of amides is 1. The van der Waals surface area contributed by atoms with Gasteiger partial charge in [-0.05, 0) is 37.5 Å². The first-order valence-electron chi connectivity index (χ1n) is 8.55. The van der Waals surface area contributed by atoms with Gasteiger partial charge in [0, 0.05) is 19.3 Å². The molecule has 126 valence electrons. The van der Waals surface area contributed by atoms with E-state index in [2.05, 4.69) is 30.1 Å². The summed E-state index contributed by atoms with van der Waals surface area (Å²) in [7, 11) is 0. The highest BCUT2D eigenvalue weighted by Crippen LogP contribution is 2.18. The molecule has 0 unspecified atom stereocenters. The largest absolute Gasteiger partial charge is 0.378 e. The van der Waals surface area contributed by atoms with Gasteiger partial charge in [-0.2, -0.15) is 0 Å². The van der Waals surface area contributed by atoms with Crippen molar-refractivity contribution in [3.8, 4) is 0 Å². The fourth-order valence-electron chi connectivity index (χ4n) is 3.08. The van der Waals surface area contributed by atoms with Crippen molar-refractivity contribution in [3.05, 3.63) is 65.5 Å². The summed E-state index contributed by atoms with van der Waals surface area (Å²) < 4.78 is 5.63. The first-order valence-corrected chi connectivity index (χ1v) is 8.55. The highest BCUT2D eigenvalue weighted by atomic mass is 16.5. The molecule has 0 spiro atoms. The van der Waals surface area contributed by atoms with E-state index < -0.39 is 0 Å². The van der Waals surface area contributed by atoms with Gasteiger partial charge in [-0.3, -0.25) is 9.78 Å². The van der Waals surface area contributed by atoms with Crippen molar-refractivity contribution < 1.29 is 9.53 Å². The molecular formula is C20H24N2O2. The van der Waals surface area contributed by atoms with Gasteiger partial charge in [-0.1, -0.05) is 35.9 Å². The van der Waals surface area contributed by atoms with Crippen LogP contribution in [0.25, 0.3) is 0 Å². The van der Waals surface area contributed by atoms with Crippen LogP contribution in [0.15, 0.2) is 48.7 Å². The van der Waals surface area contributed by atoms with Crippen LogP contribution in [0.2, 0.25) is 0 Å². The molecule has 0 aliphatic carbocycles. The molecule has 1 aromatic carbocycles. The van der Waals surface area contributed by atoms with Crippen LogP contribution in [-0.2, 0) is 22.6 Å². The molecule has 1 saturated heterocycles. The molecule has 1 aromatic heterocycles. The molecule has 1 amide bonds. The van der Waals surface area contributed by atoms with Crippen LogP contribution >= 0.6 is 0 Å². The van der Waals surface area contributed by atoms with Gasteiger partial charge in [-0.25, -0.2) is 0 Å². The number of carbonyl (C=O) groups is 1. The van der Waals surface area contributed by atoms with E-state index in [-0.39, 0.29) is 12.0 Å². The molecule has 1 aliphatic rings. The fraction of sp³-hybridized carbons (Fsp3) is 0.400. The SMILES string of the molecule is Cc1cccc(CN(Cc2ccccn2)C(=O)C[C@@H]2CCCO2)c1. The molecule has 3 rings (SSSR count). The standard InChI is InChI=1S/C20H24N2O2/c1-16-6-4-7-17(12-16)14-22(15-18-8-2-3-10-21-18)20(23)13-19-9-5-11-24-19/h2-4,6-8,10,12,19H,5,9,11,13-15H2,1H3/t19-/m0/s1. The summed E-state index contributed by atoms with van der Waals surface area (Å²) in [5.74, 6) is 0.133. The number of benzene rings is 1. The Hall–Kier alpha value is -2.20. The second-order valence-electron chi connectivity index (χ2n) is 6.40. The van der Waals surface area contributed by atoms with E-state index in [0.717, 1.165) is 30.7 Å². The normalized spacial score (nSPS) is 17.0. The van der Waals surface area contributed by atoms with E-state index in [1.807, 2.05) is 29.2 Å². The lowest BCUT2D eigenvalue weighted by Crippen LogP contribution is -2.32. The molecule has 1 fully saturated rings. The summed E-state index contributed by atoms with van der Waals surface area (Å²) in [6.45, 7) is 3.97. The van der Waals surface area contributed by atoms with E-state index in [9.17, 15) is 4.79 Å². The van der Waals surface area contributed by atoms with Crippen molar-refractivity contribution in [1.29, 1.82) is 0 Å². The summed E-state index contributed by atoms with van der Waals surface area (Å²) >= 11 is 0. The lowest BCUT2D eigenvalue weighted by molar-refractivity contribution is -0.134. The average Bonchev–Trinajstić information content (AvgIpc) is 3.08. The molecule has 4 heteroatoms. The Morgan fingerprint density at radius 2 is 2.17 bits per heavy atom. The van der Waals surface area contributed by atoms with Gasteiger partial charge in [0.05, 0.1) is 24.8 Å². The zero-order valence-corrected chi connectivity index (χ0v) is 14.1. The Bertz CT molecular complexity index is 666. The Morgan fingerprint density at radius 1 is 1.25 bits per heavy atom. The second kappa shape index (κ2) is 8.06. The number of carbonyl (C=O) groups excluding carboxylic acids is 1. The molecule has 1 atom stereocenters. The van der Waals surface area contributed by atoms with Crippen molar-refractivity contribution >= 4 is 5.91 Å². The van der Waals surface area contributed by atoms with Crippen LogP contribution in [0.5, 0.6) is 0 Å². The summed E-state index contributed by atoms with van der Waals surface area (Å²) in [6, 6.07) is 14.1. The number of pyridine rings is 1. The smallest absolute Gasteiger partial charge is 0.225 e. The molecule has 2 aromatic rings. The summed E-state index contributed by atoms with van der Waals surface area (Å²) in [6.07, 6.45) is 4.33. The topological polar surface area (TPSA) is 42.4 Å². The van der Waals surface area contributed by atoms with Crippen molar-refractivity contribution in [2.24, 2.45) is 0 Å². The van der Waals surface area contributed by atoms with Gasteiger partial charge < -0.3 is 9.64 Å². The summed E-state index contributed by atoms with van der Waals surface area (Å²) in [5, 5.41) is 0. The Kier molecular flexibility index (Phi) is 5.59. The number of rotatable bonds is 6. The predicted molar refractivity (Wildman–Crippen MR) is 93.3 cm³/mol. The molecule has 0 bridgehead atoms. The van der Waals surface area contributed by atoms with Crippen molar-refractivity contribution in [1.82, 2.24) is 9.88 Å². The Morgan fingerprint density at radius 3 is 2.88 bits per heavy atom. The van der Waals surface area contributed by atoms with Crippen molar-refractivity contribution in [2.75, 3.05) is 6.61 Å². The quantitative estimate of drug-likeness (QED) is 0.817. The molecular weight excluding hydrogens is 300 g/mol. The third kappa shape index (κ3) is 4.65. The monoisotopic (exact) mass is 324 g/mol. The van der Waals surface area contributed by atoms with Crippen molar-refractivity contribution in [2.45, 2.75) is 45.4 Å². The summed E-state index contributed by atoms with van der Waals surface area (Å²) in [5.41, 5.74) is 3.26. The lowest BCUT2D eigenvalue weighted by atomic mass is 10.1. The Balaban J connectivity index is 1.73. The van der Waals surface area contributed by atoms with E-state index in [1.165, 1.54) is 5.56 Å². The van der Waals surface area contributed by atoms with Gasteiger partial charge >= 0.3 is 0 Å². The second-order valence-corrected chi connectivity index (χ2v) is 6.40. The highest BCUT2D eigenvalue weighted by Gasteiger charge is 2.23. The molecule has 24 heavy (non-hydrogen) atoms. The number of aromatic nitrogens is 1. The highest BCUT2D eigenvalue weighted by molar-refractivity contribution is 5.76. The summed E-state index contributed by atoms with van der Waals surface area (Å²) in [4.78, 5) is 19.1. The zero-order valence-electron chi connectivity index (χ0n) is 14.1. The molecule has 4 nitrogen and oxygen atoms in total. The number of aryl methyl sites for hydroxylation is 1. The van der Waals surface area contributed by atoms with Gasteiger partial charge in [0.2, 0.25) is 5.91 Å². The van der Waals surface area contributed by atoms with Gasteiger partial charge in [-0.15, -0.1) is 0 Å². The number of hydrogen-bond acceptors (Lipinski definition) is 3. The minimum Gasteiger partial charge on any atom is -0.378 e. The number of nitrogens with zero attached hydrogens (tertiary/aromatic N) is 2. The van der Waals surface area contributed by atoms with Crippen LogP contribution in [-0.4, -0.2) is 28.5 Å². The zero-order chi connectivity index (χ0) is 16.8. The van der Waals surface area contributed by atoms with E-state index in [0.29, 0.717) is 19.5 Å². The predicted octanol–water partition coefficient (Wildman–Crippen LogP) is 3.49. The van der Waals surface area contributed by atoms with Crippen LogP contribution < -0.4 is 0 Å². The maximum absolute atomic E-state index is 12.8. The van der Waals surface area contributed by atoms with Gasteiger partial charge in [0.25, 0.3) is 0 Å². The third-order valence-corrected chi connectivity index (χ3v) is 4.31. The molecule has 0 radical (unpaired) electrons. The fourth-order valence-corrected chi connectivity index (χ4v) is 3.08. The van der Waals surface area contributed by atoms with Crippen molar-refractivity contribution in [3.63, 3.8) is 0 Å². The van der Waals surface area contributed by atoms with Crippen LogP contribution in [0.4, 0.5) is 0 Å². The Labute approximate surface area is 143 Å². The average molecular weight is 324 g/mol. The third-order valence-electron chi connectivity index (χ3n) is 4.31. The molecule has 1 aliphatic heterocycles. The minimum atomic E-state index is 0.0706. The van der Waals surface area contributed by atoms with Gasteiger partial charge in [0.1, 0.15) is 0 Å².